The summed E-state index contributed by atoms with van der Waals surface area (Å²) in [5.41, 5.74) is 0. The summed E-state index contributed by atoms with van der Waals surface area (Å²) in [5.74, 6) is 2.08. The lowest BCUT2D eigenvalue weighted by Gasteiger charge is -2.10. The van der Waals surface area contributed by atoms with Gasteiger partial charge in [-0.2, -0.15) is 11.8 Å². The van der Waals surface area contributed by atoms with E-state index >= 15 is 0 Å². The van der Waals surface area contributed by atoms with E-state index in [1.807, 2.05) is 18.0 Å². The van der Waals surface area contributed by atoms with E-state index in [0.29, 0.717) is 0 Å². The van der Waals surface area contributed by atoms with Crippen LogP contribution in [0, 0.1) is 6.92 Å². The molecule has 1 heterocycles. The molecule has 20 heavy (non-hydrogen) atoms. The second-order valence-electron chi connectivity index (χ2n) is 4.15. The van der Waals surface area contributed by atoms with Crippen LogP contribution >= 0.6 is 47.1 Å². The van der Waals surface area contributed by atoms with Crippen molar-refractivity contribution < 1.29 is 0 Å². The summed E-state index contributed by atoms with van der Waals surface area (Å²) in [6.45, 7) is 6.83. The van der Waals surface area contributed by atoms with Gasteiger partial charge >= 0.3 is 0 Å². The standard InChI is InChI=1S/C13H24N4S2.HI/c1-4-14-13(15-7-5-9-18-3)16-8-6-12-17-10-11(2)19-12;/h10H,4-9H2,1-3H3,(H2,14,15,16);1H. The second-order valence-corrected chi connectivity index (χ2v) is 6.45. The monoisotopic (exact) mass is 428 g/mol. The number of nitrogens with zero attached hydrogens (tertiary/aromatic N) is 2. The molecular formula is C13H25IN4S2. The number of hydrogen-bond donors (Lipinski definition) is 2. The van der Waals surface area contributed by atoms with Gasteiger partial charge in [0, 0.05) is 37.1 Å². The maximum Gasteiger partial charge on any atom is 0.191 e. The molecule has 0 fully saturated rings. The van der Waals surface area contributed by atoms with Crippen LogP contribution in [0.5, 0.6) is 0 Å². The van der Waals surface area contributed by atoms with Crippen molar-refractivity contribution >= 4 is 53.0 Å². The van der Waals surface area contributed by atoms with E-state index in [-0.39, 0.29) is 24.0 Å². The third kappa shape index (κ3) is 9.02. The van der Waals surface area contributed by atoms with Crippen LogP contribution in [-0.4, -0.2) is 42.6 Å². The highest BCUT2D eigenvalue weighted by Crippen LogP contribution is 2.10. The Labute approximate surface area is 147 Å². The number of halogens is 1. The fourth-order valence-corrected chi connectivity index (χ4v) is 2.75. The lowest BCUT2D eigenvalue weighted by Crippen LogP contribution is -2.38. The SMILES string of the molecule is CCNC(=NCCCSC)NCCc1ncc(C)s1.I. The third-order valence-corrected chi connectivity index (χ3v) is 4.09. The average molecular weight is 428 g/mol. The van der Waals surface area contributed by atoms with Gasteiger partial charge in [0.25, 0.3) is 0 Å². The van der Waals surface area contributed by atoms with Gasteiger partial charge in [0.2, 0.25) is 0 Å². The normalized spacial score (nSPS) is 11.1. The molecule has 1 rings (SSSR count). The molecule has 0 spiro atoms. The van der Waals surface area contributed by atoms with Crippen molar-refractivity contribution in [1.29, 1.82) is 0 Å². The first-order chi connectivity index (χ1) is 9.26. The van der Waals surface area contributed by atoms with Crippen molar-refractivity contribution in [3.63, 3.8) is 0 Å². The Hall–Kier alpha value is -0.0200. The minimum absolute atomic E-state index is 0. The van der Waals surface area contributed by atoms with Crippen molar-refractivity contribution in [2.24, 2.45) is 4.99 Å². The second kappa shape index (κ2) is 12.7. The van der Waals surface area contributed by atoms with Crippen molar-refractivity contribution in [2.75, 3.05) is 31.6 Å². The molecule has 2 N–H and O–H groups in total. The summed E-state index contributed by atoms with van der Waals surface area (Å²) in [6.07, 6.45) is 6.14. The van der Waals surface area contributed by atoms with Gasteiger partial charge in [-0.3, -0.25) is 4.99 Å². The van der Waals surface area contributed by atoms with Crippen LogP contribution in [0.1, 0.15) is 23.2 Å². The van der Waals surface area contributed by atoms with Crippen molar-refractivity contribution in [3.8, 4) is 0 Å². The third-order valence-electron chi connectivity index (χ3n) is 2.42. The first-order valence-corrected chi connectivity index (χ1v) is 8.89. The van der Waals surface area contributed by atoms with Gasteiger partial charge < -0.3 is 10.6 Å². The number of aliphatic imine (C=N–C) groups is 1. The van der Waals surface area contributed by atoms with Crippen LogP contribution in [0.4, 0.5) is 0 Å². The Morgan fingerprint density at radius 2 is 2.25 bits per heavy atom. The lowest BCUT2D eigenvalue weighted by atomic mass is 10.4. The van der Waals surface area contributed by atoms with Crippen LogP contribution in [0.3, 0.4) is 0 Å². The molecule has 0 aliphatic heterocycles. The molecular weight excluding hydrogens is 403 g/mol. The number of thiazole rings is 1. The van der Waals surface area contributed by atoms with E-state index in [2.05, 4.69) is 40.7 Å². The molecule has 0 aliphatic carbocycles. The Morgan fingerprint density at radius 1 is 1.45 bits per heavy atom. The molecule has 116 valence electrons. The molecule has 0 radical (unpaired) electrons. The zero-order valence-electron chi connectivity index (χ0n) is 12.4. The van der Waals surface area contributed by atoms with Gasteiger partial charge in [0.15, 0.2) is 5.96 Å². The van der Waals surface area contributed by atoms with Crippen LogP contribution in [0.15, 0.2) is 11.2 Å². The molecule has 0 atom stereocenters. The Kier molecular flexibility index (Phi) is 12.7. The topological polar surface area (TPSA) is 49.3 Å². The first-order valence-electron chi connectivity index (χ1n) is 6.68. The maximum atomic E-state index is 4.55. The van der Waals surface area contributed by atoms with E-state index in [1.165, 1.54) is 15.6 Å². The van der Waals surface area contributed by atoms with Gasteiger partial charge in [-0.05, 0) is 32.3 Å². The van der Waals surface area contributed by atoms with Crippen molar-refractivity contribution in [1.82, 2.24) is 15.6 Å². The molecule has 0 aliphatic rings. The molecule has 0 saturated carbocycles. The van der Waals surface area contributed by atoms with Gasteiger partial charge in [-0.25, -0.2) is 4.98 Å². The van der Waals surface area contributed by atoms with Gasteiger partial charge in [0.05, 0.1) is 5.01 Å². The summed E-state index contributed by atoms with van der Waals surface area (Å²) >= 11 is 3.63. The molecule has 0 amide bonds. The van der Waals surface area contributed by atoms with Crippen LogP contribution in [-0.2, 0) is 6.42 Å². The average Bonchev–Trinajstić information content (AvgIpc) is 2.80. The summed E-state index contributed by atoms with van der Waals surface area (Å²) < 4.78 is 0. The molecule has 4 nitrogen and oxygen atoms in total. The lowest BCUT2D eigenvalue weighted by molar-refractivity contribution is 0.792. The minimum atomic E-state index is 0. The molecule has 1 aromatic rings. The smallest absolute Gasteiger partial charge is 0.191 e. The highest BCUT2D eigenvalue weighted by atomic mass is 127. The van der Waals surface area contributed by atoms with E-state index in [1.54, 1.807) is 11.3 Å². The van der Waals surface area contributed by atoms with Gasteiger partial charge in [-0.1, -0.05) is 0 Å². The maximum absolute atomic E-state index is 4.55. The summed E-state index contributed by atoms with van der Waals surface area (Å²) in [4.78, 5) is 10.2. The zero-order valence-corrected chi connectivity index (χ0v) is 16.4. The summed E-state index contributed by atoms with van der Waals surface area (Å²) in [6, 6.07) is 0. The van der Waals surface area contributed by atoms with Gasteiger partial charge in [0.1, 0.15) is 0 Å². The number of rotatable bonds is 8. The predicted molar refractivity (Wildman–Crippen MR) is 103 cm³/mol. The van der Waals surface area contributed by atoms with E-state index in [0.717, 1.165) is 38.4 Å². The van der Waals surface area contributed by atoms with E-state index in [4.69, 9.17) is 0 Å². The molecule has 0 unspecified atom stereocenters. The predicted octanol–water partition coefficient (Wildman–Crippen LogP) is 2.92. The van der Waals surface area contributed by atoms with Crippen molar-refractivity contribution in [2.45, 2.75) is 26.7 Å². The number of nitrogens with one attached hydrogen (secondary N) is 2. The minimum Gasteiger partial charge on any atom is -0.357 e. The molecule has 0 bridgehead atoms. The van der Waals surface area contributed by atoms with Crippen LogP contribution in [0.25, 0.3) is 0 Å². The fraction of sp³-hybridized carbons (Fsp3) is 0.692. The number of thioether (sulfide) groups is 1. The summed E-state index contributed by atoms with van der Waals surface area (Å²) in [7, 11) is 0. The molecule has 0 aromatic carbocycles. The Bertz CT molecular complexity index is 382. The van der Waals surface area contributed by atoms with Gasteiger partial charge in [-0.15, -0.1) is 35.3 Å². The number of guanidine groups is 1. The number of aromatic nitrogens is 1. The van der Waals surface area contributed by atoms with Crippen LogP contribution < -0.4 is 10.6 Å². The number of aryl methyl sites for hydroxylation is 1. The Morgan fingerprint density at radius 3 is 2.85 bits per heavy atom. The summed E-state index contributed by atoms with van der Waals surface area (Å²) in [5, 5.41) is 7.80. The van der Waals surface area contributed by atoms with Crippen molar-refractivity contribution in [3.05, 3.63) is 16.1 Å². The van der Waals surface area contributed by atoms with E-state index in [9.17, 15) is 0 Å². The van der Waals surface area contributed by atoms with E-state index < -0.39 is 0 Å². The fourth-order valence-electron chi connectivity index (χ4n) is 1.55. The molecule has 0 saturated heterocycles. The zero-order chi connectivity index (χ0) is 13.9. The quantitative estimate of drug-likeness (QED) is 0.289. The number of hydrogen-bond acceptors (Lipinski definition) is 4. The largest absolute Gasteiger partial charge is 0.357 e. The molecule has 7 heteroatoms. The highest BCUT2D eigenvalue weighted by Gasteiger charge is 2.00. The highest BCUT2D eigenvalue weighted by molar-refractivity contribution is 14.0. The van der Waals surface area contributed by atoms with Crippen LogP contribution in [0.2, 0.25) is 0 Å². The molecule has 1 aromatic heterocycles. The Balaban J connectivity index is 0.00000361. The first kappa shape index (κ1) is 20.0.